The number of hydrogen-bond donors (Lipinski definition) is 1. The Hall–Kier alpha value is -2.88. The van der Waals surface area contributed by atoms with Crippen LogP contribution in [0.5, 0.6) is 5.75 Å². The normalized spacial score (nSPS) is 11.1. The van der Waals surface area contributed by atoms with Gasteiger partial charge in [0, 0.05) is 6.20 Å². The molecule has 0 unspecified atom stereocenters. The third kappa shape index (κ3) is 4.04. The van der Waals surface area contributed by atoms with E-state index in [0.717, 1.165) is 5.69 Å². The summed E-state index contributed by atoms with van der Waals surface area (Å²) in [5.74, 6) is -0.348. The van der Waals surface area contributed by atoms with Gasteiger partial charge in [-0.3, -0.25) is 4.98 Å². The largest absolute Gasteiger partial charge is 0.508 e. The van der Waals surface area contributed by atoms with Gasteiger partial charge in [-0.2, -0.15) is 0 Å². The van der Waals surface area contributed by atoms with Crippen LogP contribution in [-0.2, 0) is 4.74 Å². The zero-order chi connectivity index (χ0) is 15.1. The summed E-state index contributed by atoms with van der Waals surface area (Å²) in [5, 5.41) is 9.51. The van der Waals surface area contributed by atoms with Crippen LogP contribution in [0, 0.1) is 0 Å². The van der Waals surface area contributed by atoms with Gasteiger partial charge in [0.2, 0.25) is 0 Å². The molecule has 0 spiro atoms. The smallest absolute Gasteiger partial charge is 0.338 e. The number of phenolic OH excluding ortho intramolecular Hbond substituents is 1. The van der Waals surface area contributed by atoms with E-state index in [1.54, 1.807) is 18.3 Å². The molecule has 1 aromatic carbocycles. The van der Waals surface area contributed by atoms with E-state index in [4.69, 9.17) is 4.74 Å². The molecular formula is C17H15NO3. The van der Waals surface area contributed by atoms with E-state index >= 15 is 0 Å². The Kier molecular flexibility index (Phi) is 4.88. The van der Waals surface area contributed by atoms with Crippen molar-refractivity contribution in [3.63, 3.8) is 0 Å². The van der Waals surface area contributed by atoms with Crippen LogP contribution >= 0.6 is 0 Å². The standard InChI is InChI=1S/C17H15NO3/c1-21-17(20)16-10-9-15(19)12-13(16)6-2-3-7-14-8-4-5-11-18-14/h2-12,19H,1H3. The van der Waals surface area contributed by atoms with Crippen molar-refractivity contribution < 1.29 is 14.6 Å². The molecule has 21 heavy (non-hydrogen) atoms. The van der Waals surface area contributed by atoms with Crippen molar-refractivity contribution in [1.82, 2.24) is 4.98 Å². The topological polar surface area (TPSA) is 59.4 Å². The summed E-state index contributed by atoms with van der Waals surface area (Å²) in [6.45, 7) is 0. The van der Waals surface area contributed by atoms with E-state index < -0.39 is 5.97 Å². The number of methoxy groups -OCH3 is 1. The van der Waals surface area contributed by atoms with Crippen LogP contribution in [0.4, 0.5) is 0 Å². The minimum atomic E-state index is -0.441. The number of carbonyl (C=O) groups excluding carboxylic acids is 1. The Morgan fingerprint density at radius 2 is 2.00 bits per heavy atom. The summed E-state index contributed by atoms with van der Waals surface area (Å²) in [6.07, 6.45) is 8.87. The van der Waals surface area contributed by atoms with E-state index in [1.807, 2.05) is 30.4 Å². The van der Waals surface area contributed by atoms with E-state index in [0.29, 0.717) is 11.1 Å². The fourth-order valence-electron chi connectivity index (χ4n) is 1.77. The summed E-state index contributed by atoms with van der Waals surface area (Å²) >= 11 is 0. The van der Waals surface area contributed by atoms with Gasteiger partial charge in [-0.25, -0.2) is 4.79 Å². The molecule has 4 nitrogen and oxygen atoms in total. The Labute approximate surface area is 123 Å². The highest BCUT2D eigenvalue weighted by Crippen LogP contribution is 2.19. The molecule has 0 atom stereocenters. The van der Waals surface area contributed by atoms with Gasteiger partial charge in [0.25, 0.3) is 0 Å². The lowest BCUT2D eigenvalue weighted by molar-refractivity contribution is 0.0600. The molecule has 0 radical (unpaired) electrons. The van der Waals surface area contributed by atoms with Crippen molar-refractivity contribution in [1.29, 1.82) is 0 Å². The van der Waals surface area contributed by atoms with Gasteiger partial charge in [0.15, 0.2) is 0 Å². The van der Waals surface area contributed by atoms with Gasteiger partial charge >= 0.3 is 5.97 Å². The van der Waals surface area contributed by atoms with Crippen LogP contribution in [0.15, 0.2) is 54.7 Å². The first kappa shape index (κ1) is 14.5. The lowest BCUT2D eigenvalue weighted by Crippen LogP contribution is -2.03. The fourth-order valence-corrected chi connectivity index (χ4v) is 1.77. The Balaban J connectivity index is 2.18. The van der Waals surface area contributed by atoms with Gasteiger partial charge in [-0.15, -0.1) is 0 Å². The molecule has 0 fully saturated rings. The van der Waals surface area contributed by atoms with Crippen molar-refractivity contribution in [3.05, 3.63) is 71.6 Å². The monoisotopic (exact) mass is 281 g/mol. The predicted molar refractivity (Wildman–Crippen MR) is 81.8 cm³/mol. The molecule has 0 bridgehead atoms. The predicted octanol–water partition coefficient (Wildman–Crippen LogP) is 3.30. The molecule has 0 aliphatic rings. The first-order chi connectivity index (χ1) is 10.2. The van der Waals surface area contributed by atoms with Crippen LogP contribution in [0.25, 0.3) is 12.2 Å². The highest BCUT2D eigenvalue weighted by Gasteiger charge is 2.09. The SMILES string of the molecule is COC(=O)c1ccc(O)cc1C=CC=Cc1ccccn1. The van der Waals surface area contributed by atoms with Crippen LogP contribution in [0.1, 0.15) is 21.6 Å². The molecule has 106 valence electrons. The van der Waals surface area contributed by atoms with Crippen LogP contribution in [-0.4, -0.2) is 23.2 Å². The summed E-state index contributed by atoms with van der Waals surface area (Å²) in [6, 6.07) is 10.1. The summed E-state index contributed by atoms with van der Waals surface area (Å²) < 4.78 is 4.71. The summed E-state index contributed by atoms with van der Waals surface area (Å²) in [5.41, 5.74) is 1.83. The summed E-state index contributed by atoms with van der Waals surface area (Å²) in [4.78, 5) is 15.8. The zero-order valence-corrected chi connectivity index (χ0v) is 11.6. The number of aromatic hydroxyl groups is 1. The Bertz CT molecular complexity index is 676. The van der Waals surface area contributed by atoms with E-state index in [-0.39, 0.29) is 5.75 Å². The number of ether oxygens (including phenoxy) is 1. The lowest BCUT2D eigenvalue weighted by Gasteiger charge is -2.04. The molecule has 0 saturated carbocycles. The van der Waals surface area contributed by atoms with Crippen LogP contribution < -0.4 is 0 Å². The molecule has 2 aromatic rings. The number of nitrogens with zero attached hydrogens (tertiary/aromatic N) is 1. The number of rotatable bonds is 4. The second kappa shape index (κ2) is 7.05. The quantitative estimate of drug-likeness (QED) is 0.690. The molecule has 0 saturated heterocycles. The number of aromatic nitrogens is 1. The molecule has 0 amide bonds. The van der Waals surface area contributed by atoms with Gasteiger partial charge < -0.3 is 9.84 Å². The van der Waals surface area contributed by atoms with Crippen molar-refractivity contribution >= 4 is 18.1 Å². The third-order valence-corrected chi connectivity index (χ3v) is 2.78. The number of benzene rings is 1. The van der Waals surface area contributed by atoms with Crippen molar-refractivity contribution in [2.45, 2.75) is 0 Å². The highest BCUT2D eigenvalue weighted by atomic mass is 16.5. The third-order valence-electron chi connectivity index (χ3n) is 2.78. The number of carbonyl (C=O) groups is 1. The first-order valence-electron chi connectivity index (χ1n) is 6.38. The molecule has 0 aliphatic carbocycles. The molecule has 1 aromatic heterocycles. The molecule has 0 aliphatic heterocycles. The lowest BCUT2D eigenvalue weighted by atomic mass is 10.1. The second-order valence-corrected chi connectivity index (χ2v) is 4.24. The van der Waals surface area contributed by atoms with Gasteiger partial charge in [0.05, 0.1) is 18.4 Å². The zero-order valence-electron chi connectivity index (χ0n) is 11.6. The number of phenols is 1. The Morgan fingerprint density at radius 3 is 2.71 bits per heavy atom. The van der Waals surface area contributed by atoms with Crippen LogP contribution in [0.2, 0.25) is 0 Å². The van der Waals surface area contributed by atoms with Crippen LogP contribution in [0.3, 0.4) is 0 Å². The number of allylic oxidation sites excluding steroid dienone is 2. The van der Waals surface area contributed by atoms with Gasteiger partial charge in [0.1, 0.15) is 5.75 Å². The average Bonchev–Trinajstić information content (AvgIpc) is 2.52. The van der Waals surface area contributed by atoms with E-state index in [1.165, 1.54) is 25.3 Å². The molecule has 2 rings (SSSR count). The van der Waals surface area contributed by atoms with E-state index in [9.17, 15) is 9.90 Å². The first-order valence-corrected chi connectivity index (χ1v) is 6.38. The highest BCUT2D eigenvalue weighted by molar-refractivity contribution is 5.94. The maximum atomic E-state index is 11.6. The second-order valence-electron chi connectivity index (χ2n) is 4.24. The van der Waals surface area contributed by atoms with E-state index in [2.05, 4.69) is 4.98 Å². The van der Waals surface area contributed by atoms with Crippen molar-refractivity contribution in [2.24, 2.45) is 0 Å². The maximum absolute atomic E-state index is 11.6. The number of esters is 1. The minimum Gasteiger partial charge on any atom is -0.508 e. The Morgan fingerprint density at radius 1 is 1.19 bits per heavy atom. The number of hydrogen-bond acceptors (Lipinski definition) is 4. The minimum absolute atomic E-state index is 0.0935. The molecule has 1 heterocycles. The maximum Gasteiger partial charge on any atom is 0.338 e. The molecular weight excluding hydrogens is 266 g/mol. The fraction of sp³-hybridized carbons (Fsp3) is 0.0588. The molecule has 4 heteroatoms. The van der Waals surface area contributed by atoms with Gasteiger partial charge in [-0.05, 0) is 42.0 Å². The average molecular weight is 281 g/mol. The number of pyridine rings is 1. The summed E-state index contributed by atoms with van der Waals surface area (Å²) in [7, 11) is 1.32. The molecule has 1 N–H and O–H groups in total. The van der Waals surface area contributed by atoms with Crippen molar-refractivity contribution in [2.75, 3.05) is 7.11 Å². The van der Waals surface area contributed by atoms with Gasteiger partial charge in [-0.1, -0.05) is 24.3 Å². The van der Waals surface area contributed by atoms with Crippen molar-refractivity contribution in [3.8, 4) is 5.75 Å².